The van der Waals surface area contributed by atoms with Gasteiger partial charge in [0.05, 0.1) is 23.0 Å². The molecule has 0 unspecified atom stereocenters. The predicted molar refractivity (Wildman–Crippen MR) is 70.2 cm³/mol. The second-order valence-electron chi connectivity index (χ2n) is 4.18. The molecule has 0 atom stereocenters. The number of hydrogen-bond acceptors (Lipinski definition) is 5. The molecule has 1 aliphatic heterocycles. The van der Waals surface area contributed by atoms with Gasteiger partial charge < -0.3 is 4.90 Å². The number of nitro benzene ring substituents is 1. The fraction of sp³-hybridized carbons (Fsp3) is 0.364. The van der Waals surface area contributed by atoms with E-state index in [1.54, 1.807) is 4.90 Å². The lowest BCUT2D eigenvalue weighted by molar-refractivity contribution is -0.384. The molecule has 0 radical (unpaired) electrons. The molecule has 0 saturated carbocycles. The minimum absolute atomic E-state index is 0.0431. The zero-order valence-corrected chi connectivity index (χ0v) is 10.8. The van der Waals surface area contributed by atoms with Crippen LogP contribution in [-0.4, -0.2) is 37.9 Å². The van der Waals surface area contributed by atoms with E-state index in [4.69, 9.17) is 6.57 Å². The molecule has 8 heteroatoms. The number of nitrogens with zero attached hydrogens (tertiary/aromatic N) is 3. The highest BCUT2D eigenvalue weighted by Gasteiger charge is 2.24. The smallest absolute Gasteiger partial charge is 0.259 e. The van der Waals surface area contributed by atoms with Crippen LogP contribution in [-0.2, 0) is 9.84 Å². The Labute approximate surface area is 110 Å². The van der Waals surface area contributed by atoms with Crippen molar-refractivity contribution >= 4 is 26.9 Å². The molecular formula is C11H11N3O4S. The summed E-state index contributed by atoms with van der Waals surface area (Å²) in [5, 5.41) is 10.7. The molecule has 2 rings (SSSR count). The Morgan fingerprint density at radius 3 is 2.47 bits per heavy atom. The van der Waals surface area contributed by atoms with E-state index in [0.717, 1.165) is 0 Å². The van der Waals surface area contributed by atoms with Gasteiger partial charge in [0, 0.05) is 30.9 Å². The van der Waals surface area contributed by atoms with Gasteiger partial charge in [0.1, 0.15) is 0 Å². The first-order chi connectivity index (χ1) is 8.93. The first kappa shape index (κ1) is 13.3. The van der Waals surface area contributed by atoms with Crippen LogP contribution in [0, 0.1) is 16.7 Å². The van der Waals surface area contributed by atoms with Crippen LogP contribution < -0.4 is 4.90 Å². The Hall–Kier alpha value is -2.14. The van der Waals surface area contributed by atoms with Gasteiger partial charge in [-0.3, -0.25) is 10.1 Å². The summed E-state index contributed by atoms with van der Waals surface area (Å²) in [6, 6.07) is 4.04. The number of sulfone groups is 1. The molecule has 1 heterocycles. The quantitative estimate of drug-likeness (QED) is 0.464. The van der Waals surface area contributed by atoms with E-state index < -0.39 is 14.8 Å². The summed E-state index contributed by atoms with van der Waals surface area (Å²) in [7, 11) is -2.99. The van der Waals surface area contributed by atoms with Crippen molar-refractivity contribution in [3.63, 3.8) is 0 Å². The predicted octanol–water partition coefficient (Wildman–Crippen LogP) is 1.38. The maximum Gasteiger partial charge on any atom is 0.259 e. The molecule has 0 amide bonds. The van der Waals surface area contributed by atoms with E-state index in [1.165, 1.54) is 18.2 Å². The summed E-state index contributed by atoms with van der Waals surface area (Å²) in [5.41, 5.74) is 0.586. The van der Waals surface area contributed by atoms with E-state index in [2.05, 4.69) is 4.85 Å². The largest absolute Gasteiger partial charge is 0.378 e. The molecule has 0 spiro atoms. The summed E-state index contributed by atoms with van der Waals surface area (Å²) in [5.74, 6) is 0.0862. The van der Waals surface area contributed by atoms with Crippen molar-refractivity contribution in [1.82, 2.24) is 0 Å². The molecule has 0 aromatic heterocycles. The summed E-state index contributed by atoms with van der Waals surface area (Å²) < 4.78 is 22.7. The van der Waals surface area contributed by atoms with Gasteiger partial charge in [-0.25, -0.2) is 13.3 Å². The van der Waals surface area contributed by atoms with Crippen molar-refractivity contribution in [2.24, 2.45) is 0 Å². The van der Waals surface area contributed by atoms with Crippen LogP contribution in [0.3, 0.4) is 0 Å². The summed E-state index contributed by atoms with van der Waals surface area (Å²) in [6.07, 6.45) is 0. The molecule has 1 aromatic carbocycles. The molecule has 0 N–H and O–H groups in total. The van der Waals surface area contributed by atoms with Crippen LogP contribution in [0.25, 0.3) is 4.85 Å². The SMILES string of the molecule is [C-]#[N+]c1cc([N+](=O)[O-])ccc1N1CCS(=O)(=O)CC1. The minimum Gasteiger partial charge on any atom is -0.378 e. The lowest BCUT2D eigenvalue weighted by Crippen LogP contribution is -2.40. The van der Waals surface area contributed by atoms with Gasteiger partial charge in [0.15, 0.2) is 9.84 Å². The van der Waals surface area contributed by atoms with Crippen LogP contribution in [0.5, 0.6) is 0 Å². The van der Waals surface area contributed by atoms with Crippen molar-refractivity contribution in [3.8, 4) is 0 Å². The van der Waals surface area contributed by atoms with Gasteiger partial charge in [-0.15, -0.1) is 0 Å². The van der Waals surface area contributed by atoms with Crippen molar-refractivity contribution in [2.75, 3.05) is 29.5 Å². The molecule has 1 saturated heterocycles. The van der Waals surface area contributed by atoms with Crippen molar-refractivity contribution < 1.29 is 13.3 Å². The zero-order valence-electron chi connectivity index (χ0n) is 9.94. The Bertz CT molecular complexity index is 649. The summed E-state index contributed by atoms with van der Waals surface area (Å²) in [6.45, 7) is 7.69. The Kier molecular flexibility index (Phi) is 3.40. The van der Waals surface area contributed by atoms with E-state index in [9.17, 15) is 18.5 Å². The van der Waals surface area contributed by atoms with E-state index in [0.29, 0.717) is 18.8 Å². The minimum atomic E-state index is -2.99. The average Bonchev–Trinajstić information content (AvgIpc) is 2.38. The van der Waals surface area contributed by atoms with Crippen LogP contribution >= 0.6 is 0 Å². The number of nitro groups is 1. The third kappa shape index (κ3) is 2.82. The maximum absolute atomic E-state index is 11.3. The number of hydrogen-bond donors (Lipinski definition) is 0. The van der Waals surface area contributed by atoms with Gasteiger partial charge in [-0.2, -0.15) is 0 Å². The van der Waals surface area contributed by atoms with Crippen molar-refractivity contribution in [2.45, 2.75) is 0 Å². The molecule has 1 aliphatic rings. The number of rotatable bonds is 2. The van der Waals surface area contributed by atoms with Crippen molar-refractivity contribution in [3.05, 3.63) is 39.7 Å². The standard InChI is InChI=1S/C11H11N3O4S/c1-12-10-8-9(14(15)16)2-3-11(10)13-4-6-19(17,18)7-5-13/h2-3,8H,4-7H2. The summed E-state index contributed by atoms with van der Waals surface area (Å²) in [4.78, 5) is 15.2. The van der Waals surface area contributed by atoms with Gasteiger partial charge >= 0.3 is 0 Å². The zero-order chi connectivity index (χ0) is 14.0. The molecule has 0 bridgehead atoms. The highest BCUT2D eigenvalue weighted by molar-refractivity contribution is 7.91. The van der Waals surface area contributed by atoms with Crippen LogP contribution in [0.15, 0.2) is 18.2 Å². The highest BCUT2D eigenvalue weighted by atomic mass is 32.2. The Balaban J connectivity index is 2.31. The molecule has 0 aliphatic carbocycles. The average molecular weight is 281 g/mol. The van der Waals surface area contributed by atoms with Crippen LogP contribution in [0.4, 0.5) is 17.1 Å². The molecule has 7 nitrogen and oxygen atoms in total. The molecule has 1 aromatic rings. The fourth-order valence-corrected chi connectivity index (χ4v) is 3.14. The lowest BCUT2D eigenvalue weighted by Gasteiger charge is -2.29. The number of benzene rings is 1. The topological polar surface area (TPSA) is 84.9 Å². The molecule has 100 valence electrons. The third-order valence-corrected chi connectivity index (χ3v) is 4.58. The van der Waals surface area contributed by atoms with Crippen molar-refractivity contribution in [1.29, 1.82) is 0 Å². The van der Waals surface area contributed by atoms with Gasteiger partial charge in [0.25, 0.3) is 5.69 Å². The van der Waals surface area contributed by atoms with E-state index in [-0.39, 0.29) is 22.9 Å². The van der Waals surface area contributed by atoms with E-state index >= 15 is 0 Å². The van der Waals surface area contributed by atoms with Crippen LogP contribution in [0.2, 0.25) is 0 Å². The highest BCUT2D eigenvalue weighted by Crippen LogP contribution is 2.33. The third-order valence-electron chi connectivity index (χ3n) is 2.98. The second-order valence-corrected chi connectivity index (χ2v) is 6.48. The number of anilines is 1. The summed E-state index contributed by atoms with van der Waals surface area (Å²) >= 11 is 0. The first-order valence-electron chi connectivity index (χ1n) is 5.54. The van der Waals surface area contributed by atoms with E-state index in [1.807, 2.05) is 0 Å². The first-order valence-corrected chi connectivity index (χ1v) is 7.36. The maximum atomic E-state index is 11.3. The van der Waals surface area contributed by atoms with Gasteiger partial charge in [-0.1, -0.05) is 0 Å². The number of non-ortho nitro benzene ring substituents is 1. The van der Waals surface area contributed by atoms with Gasteiger partial charge in [-0.05, 0) is 6.07 Å². The molecule has 1 fully saturated rings. The normalized spacial score (nSPS) is 17.7. The lowest BCUT2D eigenvalue weighted by atomic mass is 10.2. The monoisotopic (exact) mass is 281 g/mol. The Morgan fingerprint density at radius 1 is 1.32 bits per heavy atom. The second kappa shape index (κ2) is 4.85. The Morgan fingerprint density at radius 2 is 1.95 bits per heavy atom. The van der Waals surface area contributed by atoms with Gasteiger partial charge in [0.2, 0.25) is 5.69 Å². The molecule has 19 heavy (non-hydrogen) atoms. The van der Waals surface area contributed by atoms with Crippen LogP contribution in [0.1, 0.15) is 0 Å². The molecular weight excluding hydrogens is 270 g/mol. The fourth-order valence-electron chi connectivity index (χ4n) is 1.94.